The van der Waals surface area contributed by atoms with Crippen molar-refractivity contribution < 1.29 is 12.9 Å². The number of rotatable bonds is 4. The number of nitrogens with zero attached hydrogens (tertiary/aromatic N) is 2. The summed E-state index contributed by atoms with van der Waals surface area (Å²) in [7, 11) is -3.66. The molecule has 2 aromatic rings. The van der Waals surface area contributed by atoms with Crippen LogP contribution in [-0.4, -0.2) is 18.6 Å². The molecule has 0 saturated carbocycles. The molecule has 8 heteroatoms. The highest BCUT2D eigenvalue weighted by Crippen LogP contribution is 2.16. The number of benzene rings is 1. The Morgan fingerprint density at radius 1 is 1.35 bits per heavy atom. The Bertz CT molecular complexity index is 594. The molecule has 2 rings (SSSR count). The Hall–Kier alpha value is -1.93. The first kappa shape index (κ1) is 11.6. The van der Waals surface area contributed by atoms with E-state index in [0.29, 0.717) is 0 Å². The molecule has 90 valence electrons. The molecule has 0 atom stereocenters. The molecule has 1 heterocycles. The first-order valence-corrected chi connectivity index (χ1v) is 6.17. The molecule has 0 amide bonds. The lowest BCUT2D eigenvalue weighted by molar-refractivity contribution is 0.409. The van der Waals surface area contributed by atoms with E-state index in [1.54, 1.807) is 12.1 Å². The summed E-state index contributed by atoms with van der Waals surface area (Å²) in [5.74, 6) is 0.253. The van der Waals surface area contributed by atoms with Gasteiger partial charge in [0.15, 0.2) is 5.82 Å². The minimum atomic E-state index is -3.66. The summed E-state index contributed by atoms with van der Waals surface area (Å²) >= 11 is 0. The first-order chi connectivity index (χ1) is 8.09. The predicted molar refractivity (Wildman–Crippen MR) is 59.2 cm³/mol. The van der Waals surface area contributed by atoms with Gasteiger partial charge in [-0.3, -0.25) is 0 Å². The molecule has 1 aromatic heterocycles. The summed E-state index contributed by atoms with van der Waals surface area (Å²) in [6.07, 6.45) is 1.13. The maximum absolute atomic E-state index is 11.9. The number of anilines is 1. The molecule has 0 saturated heterocycles. The lowest BCUT2D eigenvalue weighted by Gasteiger charge is -2.06. The van der Waals surface area contributed by atoms with E-state index < -0.39 is 10.0 Å². The van der Waals surface area contributed by atoms with Crippen LogP contribution in [0.2, 0.25) is 0 Å². The Morgan fingerprint density at radius 2 is 2.12 bits per heavy atom. The van der Waals surface area contributed by atoms with Crippen LogP contribution in [0.25, 0.3) is 0 Å². The van der Waals surface area contributed by atoms with Gasteiger partial charge in [-0.05, 0) is 12.1 Å². The van der Waals surface area contributed by atoms with E-state index in [9.17, 15) is 8.42 Å². The third kappa shape index (κ3) is 2.60. The van der Waals surface area contributed by atoms with Crippen LogP contribution in [0.1, 0.15) is 5.82 Å². The number of nitrogens with two attached hydrogens (primary N) is 1. The summed E-state index contributed by atoms with van der Waals surface area (Å²) in [6.45, 7) is -0.0484. The normalized spacial score (nSPS) is 11.5. The van der Waals surface area contributed by atoms with Gasteiger partial charge in [0.1, 0.15) is 4.90 Å². The van der Waals surface area contributed by atoms with Gasteiger partial charge < -0.3 is 10.3 Å². The van der Waals surface area contributed by atoms with Gasteiger partial charge in [0.05, 0.1) is 12.2 Å². The van der Waals surface area contributed by atoms with Gasteiger partial charge in [-0.25, -0.2) is 13.1 Å². The van der Waals surface area contributed by atoms with Gasteiger partial charge >= 0.3 is 0 Å². The zero-order valence-corrected chi connectivity index (χ0v) is 9.52. The second-order valence-corrected chi connectivity index (χ2v) is 4.95. The number of sulfonamides is 1. The number of para-hydroxylation sites is 1. The van der Waals surface area contributed by atoms with E-state index in [1.165, 1.54) is 12.1 Å². The zero-order chi connectivity index (χ0) is 12.3. The second-order valence-electron chi connectivity index (χ2n) is 3.21. The van der Waals surface area contributed by atoms with Crippen LogP contribution in [0.4, 0.5) is 5.69 Å². The zero-order valence-electron chi connectivity index (χ0n) is 8.70. The minimum Gasteiger partial charge on any atom is -0.398 e. The molecule has 0 unspecified atom stereocenters. The van der Waals surface area contributed by atoms with Crippen LogP contribution >= 0.6 is 0 Å². The monoisotopic (exact) mass is 254 g/mol. The lowest BCUT2D eigenvalue weighted by atomic mass is 10.3. The maximum atomic E-state index is 11.9. The molecule has 17 heavy (non-hydrogen) atoms. The third-order valence-corrected chi connectivity index (χ3v) is 3.51. The highest BCUT2D eigenvalue weighted by atomic mass is 32.2. The Morgan fingerprint density at radius 3 is 2.76 bits per heavy atom. The van der Waals surface area contributed by atoms with Gasteiger partial charge in [0.2, 0.25) is 16.4 Å². The fourth-order valence-electron chi connectivity index (χ4n) is 1.23. The quantitative estimate of drug-likeness (QED) is 0.750. The first-order valence-electron chi connectivity index (χ1n) is 4.69. The molecule has 3 N–H and O–H groups in total. The van der Waals surface area contributed by atoms with Crippen molar-refractivity contribution in [1.82, 2.24) is 14.9 Å². The number of aromatic nitrogens is 2. The molecule has 1 aromatic carbocycles. The van der Waals surface area contributed by atoms with Gasteiger partial charge in [-0.2, -0.15) is 4.98 Å². The predicted octanol–water partition coefficient (Wildman–Crippen LogP) is 0.130. The number of nitrogen functional groups attached to an aromatic ring is 1. The molecule has 0 aliphatic rings. The molecule has 0 aliphatic heterocycles. The van der Waals surface area contributed by atoms with Crippen LogP contribution in [-0.2, 0) is 16.6 Å². The van der Waals surface area contributed by atoms with Gasteiger partial charge in [-0.15, -0.1) is 0 Å². The molecule has 0 fully saturated rings. The van der Waals surface area contributed by atoms with Crippen LogP contribution in [0.3, 0.4) is 0 Å². The molecular weight excluding hydrogens is 244 g/mol. The van der Waals surface area contributed by atoms with E-state index in [-0.39, 0.29) is 23.0 Å². The topological polar surface area (TPSA) is 111 Å². The average molecular weight is 254 g/mol. The van der Waals surface area contributed by atoms with Crippen LogP contribution < -0.4 is 10.5 Å². The standard InChI is InChI=1S/C9H10N4O3S/c10-7-3-1-2-4-8(7)17(14,15)12-5-9-11-6-16-13-9/h1-4,6,12H,5,10H2. The largest absolute Gasteiger partial charge is 0.398 e. The SMILES string of the molecule is Nc1ccccc1S(=O)(=O)NCc1ncon1. The third-order valence-electron chi connectivity index (χ3n) is 2.04. The van der Waals surface area contributed by atoms with Gasteiger partial charge in [0, 0.05) is 0 Å². The Labute approximate surface area is 97.7 Å². The summed E-state index contributed by atoms with van der Waals surface area (Å²) in [6, 6.07) is 6.20. The van der Waals surface area contributed by atoms with E-state index in [4.69, 9.17) is 5.73 Å². The summed E-state index contributed by atoms with van der Waals surface area (Å²) in [4.78, 5) is 3.73. The van der Waals surface area contributed by atoms with Crippen molar-refractivity contribution in [3.05, 3.63) is 36.5 Å². The average Bonchev–Trinajstić information content (AvgIpc) is 2.80. The van der Waals surface area contributed by atoms with E-state index in [0.717, 1.165) is 6.39 Å². The molecule has 0 radical (unpaired) electrons. The smallest absolute Gasteiger partial charge is 0.243 e. The van der Waals surface area contributed by atoms with Crippen molar-refractivity contribution in [2.75, 3.05) is 5.73 Å². The maximum Gasteiger partial charge on any atom is 0.243 e. The molecule has 0 bridgehead atoms. The summed E-state index contributed by atoms with van der Waals surface area (Å²) in [5, 5.41) is 3.49. The molecule has 0 spiro atoms. The minimum absolute atomic E-state index is 0.0310. The van der Waals surface area contributed by atoms with E-state index >= 15 is 0 Å². The van der Waals surface area contributed by atoms with Gasteiger partial charge in [-0.1, -0.05) is 17.3 Å². The van der Waals surface area contributed by atoms with Crippen molar-refractivity contribution in [2.24, 2.45) is 0 Å². The fourth-order valence-corrected chi connectivity index (χ4v) is 2.34. The van der Waals surface area contributed by atoms with E-state index in [1.807, 2.05) is 0 Å². The number of hydrogen-bond acceptors (Lipinski definition) is 6. The summed E-state index contributed by atoms with van der Waals surface area (Å²) in [5.41, 5.74) is 5.77. The van der Waals surface area contributed by atoms with Gasteiger partial charge in [0.25, 0.3) is 0 Å². The van der Waals surface area contributed by atoms with Crippen LogP contribution in [0.5, 0.6) is 0 Å². The lowest BCUT2D eigenvalue weighted by Crippen LogP contribution is -2.24. The van der Waals surface area contributed by atoms with E-state index in [2.05, 4.69) is 19.4 Å². The fraction of sp³-hybridized carbons (Fsp3) is 0.111. The number of hydrogen-bond donors (Lipinski definition) is 2. The van der Waals surface area contributed by atoms with Crippen molar-refractivity contribution in [1.29, 1.82) is 0 Å². The number of nitrogens with one attached hydrogen (secondary N) is 1. The molecular formula is C9H10N4O3S. The molecule has 0 aliphatic carbocycles. The highest BCUT2D eigenvalue weighted by molar-refractivity contribution is 7.89. The highest BCUT2D eigenvalue weighted by Gasteiger charge is 2.17. The van der Waals surface area contributed by atoms with Crippen LogP contribution in [0, 0.1) is 0 Å². The Balaban J connectivity index is 2.17. The second kappa shape index (κ2) is 4.52. The van der Waals surface area contributed by atoms with Crippen LogP contribution in [0.15, 0.2) is 40.1 Å². The van der Waals surface area contributed by atoms with Crippen molar-refractivity contribution >= 4 is 15.7 Å². The molecule has 7 nitrogen and oxygen atoms in total. The van der Waals surface area contributed by atoms with Crippen molar-refractivity contribution in [3.8, 4) is 0 Å². The van der Waals surface area contributed by atoms with Crippen molar-refractivity contribution in [3.63, 3.8) is 0 Å². The Kier molecular flexibility index (Phi) is 3.07. The van der Waals surface area contributed by atoms with Crippen molar-refractivity contribution in [2.45, 2.75) is 11.4 Å². The summed E-state index contributed by atoms with van der Waals surface area (Å²) < 4.78 is 30.6.